The van der Waals surface area contributed by atoms with Crippen LogP contribution in [-0.4, -0.2) is 20.0 Å². The summed E-state index contributed by atoms with van der Waals surface area (Å²) in [5.41, 5.74) is 2.07. The minimum atomic E-state index is -0.307. The van der Waals surface area contributed by atoms with E-state index in [0.717, 1.165) is 5.56 Å². The van der Waals surface area contributed by atoms with Crippen molar-refractivity contribution in [3.63, 3.8) is 0 Å². The Morgan fingerprint density at radius 2 is 1.53 bits per heavy atom. The lowest BCUT2D eigenvalue weighted by atomic mass is 9.97. The van der Waals surface area contributed by atoms with Gasteiger partial charge in [0, 0.05) is 21.0 Å². The molecular formula is C21H16Cl4N4O. The number of hydrogen-bond donors (Lipinski definition) is 0. The molecule has 154 valence electrons. The van der Waals surface area contributed by atoms with Gasteiger partial charge < -0.3 is 4.42 Å². The Morgan fingerprint density at radius 3 is 2.13 bits per heavy atom. The minimum Gasteiger partial charge on any atom is -0.419 e. The van der Waals surface area contributed by atoms with Gasteiger partial charge in [0.1, 0.15) is 5.02 Å². The summed E-state index contributed by atoms with van der Waals surface area (Å²) >= 11 is 25.4. The van der Waals surface area contributed by atoms with Gasteiger partial charge in [-0.15, -0.1) is 10.2 Å². The van der Waals surface area contributed by atoms with E-state index in [1.807, 2.05) is 32.9 Å². The first-order valence-electron chi connectivity index (χ1n) is 8.99. The van der Waals surface area contributed by atoms with E-state index in [2.05, 4.69) is 15.3 Å². The third kappa shape index (κ3) is 3.95. The van der Waals surface area contributed by atoms with Gasteiger partial charge in [-0.1, -0.05) is 79.3 Å². The molecule has 0 spiro atoms. The maximum Gasteiger partial charge on any atom is 0.269 e. The van der Waals surface area contributed by atoms with E-state index in [0.29, 0.717) is 43.1 Å². The van der Waals surface area contributed by atoms with Gasteiger partial charge >= 0.3 is 0 Å². The number of benzene rings is 2. The Morgan fingerprint density at radius 1 is 0.867 bits per heavy atom. The lowest BCUT2D eigenvalue weighted by molar-refractivity contribution is 0.398. The standard InChI is InChI=1S/C21H16Cl4N4O/c1-21(2,3)20-27-26-19(30-20)17-16(25)18(11-4-6-12(22)7-5-11)29(28-17)15-9-8-13(23)10-14(15)24/h4-10H,1-3H3. The summed E-state index contributed by atoms with van der Waals surface area (Å²) in [4.78, 5) is 0. The fourth-order valence-corrected chi connectivity index (χ4v) is 3.76. The summed E-state index contributed by atoms with van der Waals surface area (Å²) in [6.07, 6.45) is 0. The fourth-order valence-electron chi connectivity index (χ4n) is 2.84. The highest BCUT2D eigenvalue weighted by Gasteiger charge is 2.27. The first kappa shape index (κ1) is 21.2. The fraction of sp³-hybridized carbons (Fsp3) is 0.190. The first-order chi connectivity index (χ1) is 14.1. The Hall–Kier alpha value is -2.05. The van der Waals surface area contributed by atoms with Crippen molar-refractivity contribution < 1.29 is 4.42 Å². The molecule has 9 heteroatoms. The molecule has 0 aliphatic rings. The van der Waals surface area contributed by atoms with E-state index in [-0.39, 0.29) is 11.3 Å². The average Bonchev–Trinajstić information content (AvgIpc) is 3.28. The van der Waals surface area contributed by atoms with Crippen LogP contribution in [0.1, 0.15) is 26.7 Å². The van der Waals surface area contributed by atoms with E-state index in [9.17, 15) is 0 Å². The topological polar surface area (TPSA) is 56.7 Å². The Bertz CT molecular complexity index is 1220. The summed E-state index contributed by atoms with van der Waals surface area (Å²) in [5, 5.41) is 14.9. The number of halogens is 4. The van der Waals surface area contributed by atoms with Gasteiger partial charge in [-0.05, 0) is 30.3 Å². The van der Waals surface area contributed by atoms with Crippen molar-refractivity contribution in [3.05, 3.63) is 68.4 Å². The largest absolute Gasteiger partial charge is 0.419 e. The van der Waals surface area contributed by atoms with Crippen LogP contribution < -0.4 is 0 Å². The summed E-state index contributed by atoms with van der Waals surface area (Å²) in [6, 6.07) is 12.4. The molecule has 0 atom stereocenters. The molecule has 2 aromatic carbocycles. The molecule has 4 rings (SSSR count). The molecule has 4 aromatic rings. The van der Waals surface area contributed by atoms with Gasteiger partial charge in [-0.25, -0.2) is 4.68 Å². The quantitative estimate of drug-likeness (QED) is 0.304. The molecule has 30 heavy (non-hydrogen) atoms. The Labute approximate surface area is 193 Å². The van der Waals surface area contributed by atoms with Crippen LogP contribution in [0.25, 0.3) is 28.5 Å². The highest BCUT2D eigenvalue weighted by molar-refractivity contribution is 6.37. The van der Waals surface area contributed by atoms with Crippen molar-refractivity contribution in [2.24, 2.45) is 0 Å². The highest BCUT2D eigenvalue weighted by atomic mass is 35.5. The summed E-state index contributed by atoms with van der Waals surface area (Å²) in [7, 11) is 0. The molecule has 0 saturated carbocycles. The second-order valence-corrected chi connectivity index (χ2v) is 9.35. The van der Waals surface area contributed by atoms with E-state index >= 15 is 0 Å². The van der Waals surface area contributed by atoms with Gasteiger partial charge in [0.15, 0.2) is 5.69 Å². The number of rotatable bonds is 3. The first-order valence-corrected chi connectivity index (χ1v) is 10.5. The van der Waals surface area contributed by atoms with Crippen LogP contribution in [0.2, 0.25) is 20.1 Å². The zero-order valence-electron chi connectivity index (χ0n) is 16.3. The van der Waals surface area contributed by atoms with Gasteiger partial charge in [-0.3, -0.25) is 0 Å². The van der Waals surface area contributed by atoms with Crippen molar-refractivity contribution >= 4 is 46.4 Å². The second kappa shape index (κ2) is 7.89. The molecule has 0 unspecified atom stereocenters. The maximum atomic E-state index is 6.78. The zero-order chi connectivity index (χ0) is 21.6. The molecular weight excluding hydrogens is 466 g/mol. The van der Waals surface area contributed by atoms with Gasteiger partial charge in [0.25, 0.3) is 5.89 Å². The van der Waals surface area contributed by atoms with Gasteiger partial charge in [-0.2, -0.15) is 5.10 Å². The normalized spacial score (nSPS) is 11.8. The van der Waals surface area contributed by atoms with Crippen LogP contribution in [0.4, 0.5) is 0 Å². The minimum absolute atomic E-state index is 0.226. The number of aromatic nitrogens is 4. The van der Waals surface area contributed by atoms with E-state index < -0.39 is 0 Å². The molecule has 0 saturated heterocycles. The molecule has 0 radical (unpaired) electrons. The lowest BCUT2D eigenvalue weighted by Gasteiger charge is -2.10. The predicted molar refractivity (Wildman–Crippen MR) is 121 cm³/mol. The van der Waals surface area contributed by atoms with Crippen molar-refractivity contribution in [2.45, 2.75) is 26.2 Å². The third-order valence-electron chi connectivity index (χ3n) is 4.35. The average molecular weight is 482 g/mol. The smallest absolute Gasteiger partial charge is 0.269 e. The van der Waals surface area contributed by atoms with Crippen molar-refractivity contribution in [1.29, 1.82) is 0 Å². The van der Waals surface area contributed by atoms with Crippen molar-refractivity contribution in [1.82, 2.24) is 20.0 Å². The summed E-state index contributed by atoms with van der Waals surface area (Å²) < 4.78 is 7.51. The van der Waals surface area contributed by atoms with Crippen LogP contribution in [0.5, 0.6) is 0 Å². The SMILES string of the molecule is CC(C)(C)c1nnc(-c2nn(-c3ccc(Cl)cc3Cl)c(-c3ccc(Cl)cc3)c2Cl)o1. The Kier molecular flexibility index (Phi) is 5.58. The highest BCUT2D eigenvalue weighted by Crippen LogP contribution is 2.40. The third-order valence-corrected chi connectivity index (χ3v) is 5.50. The van der Waals surface area contributed by atoms with E-state index in [4.69, 9.17) is 50.8 Å². The van der Waals surface area contributed by atoms with Gasteiger partial charge in [0.2, 0.25) is 5.89 Å². The molecule has 5 nitrogen and oxygen atoms in total. The molecule has 0 N–H and O–H groups in total. The lowest BCUT2D eigenvalue weighted by Crippen LogP contribution is -2.11. The second-order valence-electron chi connectivity index (χ2n) is 7.69. The molecule has 0 amide bonds. The molecule has 0 fully saturated rings. The summed E-state index contributed by atoms with van der Waals surface area (Å²) in [5.74, 6) is 0.713. The van der Waals surface area contributed by atoms with Crippen molar-refractivity contribution in [3.8, 4) is 28.5 Å². The van der Waals surface area contributed by atoms with Crippen LogP contribution in [0, 0.1) is 0 Å². The van der Waals surface area contributed by atoms with Crippen LogP contribution in [0.3, 0.4) is 0 Å². The number of nitrogens with zero attached hydrogens (tertiary/aromatic N) is 4. The van der Waals surface area contributed by atoms with E-state index in [1.54, 1.807) is 35.0 Å². The van der Waals surface area contributed by atoms with Crippen molar-refractivity contribution in [2.75, 3.05) is 0 Å². The van der Waals surface area contributed by atoms with Crippen LogP contribution in [0.15, 0.2) is 46.9 Å². The van der Waals surface area contributed by atoms with Gasteiger partial charge in [0.05, 0.1) is 16.4 Å². The molecule has 2 heterocycles. The van der Waals surface area contributed by atoms with Crippen LogP contribution in [-0.2, 0) is 5.41 Å². The zero-order valence-corrected chi connectivity index (χ0v) is 19.3. The van der Waals surface area contributed by atoms with E-state index in [1.165, 1.54) is 0 Å². The molecule has 2 aromatic heterocycles. The molecule has 0 bridgehead atoms. The molecule has 0 aliphatic carbocycles. The molecule has 0 aliphatic heterocycles. The monoisotopic (exact) mass is 480 g/mol. The summed E-state index contributed by atoms with van der Waals surface area (Å²) in [6.45, 7) is 5.95. The maximum absolute atomic E-state index is 6.78. The Balaban J connectivity index is 1.95. The van der Waals surface area contributed by atoms with Crippen LogP contribution >= 0.6 is 46.4 Å². The number of hydrogen-bond acceptors (Lipinski definition) is 4. The predicted octanol–water partition coefficient (Wildman–Crippen LogP) is 7.50.